The number of aryl methyl sites for hydroxylation is 1. The van der Waals surface area contributed by atoms with Crippen molar-refractivity contribution in [3.8, 4) is 0 Å². The molecule has 2 heterocycles. The smallest absolute Gasteiger partial charge is 0.328 e. The molecule has 6 heteroatoms. The van der Waals surface area contributed by atoms with Crippen molar-refractivity contribution in [2.75, 3.05) is 7.11 Å². The molecule has 0 aliphatic carbocycles. The van der Waals surface area contributed by atoms with Gasteiger partial charge < -0.3 is 14.6 Å². The molecule has 1 atom stereocenters. The Morgan fingerprint density at radius 2 is 2.00 bits per heavy atom. The van der Waals surface area contributed by atoms with Gasteiger partial charge in [-0.3, -0.25) is 4.79 Å². The maximum atomic E-state index is 12.4. The SMILES string of the molecule is CCCCn1c2ccccc2c2cc(C(=O)N[C@@H](C)C(=O)OC)ncc21. The van der Waals surface area contributed by atoms with Gasteiger partial charge in [0.05, 0.1) is 18.8 Å². The van der Waals surface area contributed by atoms with Gasteiger partial charge in [-0.05, 0) is 25.5 Å². The van der Waals surface area contributed by atoms with Gasteiger partial charge in [-0.2, -0.15) is 0 Å². The molecule has 3 aromatic rings. The summed E-state index contributed by atoms with van der Waals surface area (Å²) in [6.07, 6.45) is 3.92. The summed E-state index contributed by atoms with van der Waals surface area (Å²) in [6.45, 7) is 4.66. The Bertz CT molecular complexity index is 961. The predicted molar refractivity (Wildman–Crippen MR) is 101 cm³/mol. The molecule has 0 saturated heterocycles. The number of hydrogen-bond acceptors (Lipinski definition) is 4. The number of amides is 1. The van der Waals surface area contributed by atoms with Gasteiger partial charge in [-0.15, -0.1) is 0 Å². The fraction of sp³-hybridized carbons (Fsp3) is 0.350. The fourth-order valence-corrected chi connectivity index (χ4v) is 3.13. The third kappa shape index (κ3) is 3.27. The van der Waals surface area contributed by atoms with Gasteiger partial charge in [0, 0.05) is 22.8 Å². The van der Waals surface area contributed by atoms with Crippen molar-refractivity contribution >= 4 is 33.7 Å². The molecular formula is C20H23N3O3. The minimum atomic E-state index is -0.726. The summed E-state index contributed by atoms with van der Waals surface area (Å²) in [7, 11) is 1.29. The zero-order valence-corrected chi connectivity index (χ0v) is 15.3. The highest BCUT2D eigenvalue weighted by molar-refractivity contribution is 6.10. The quantitative estimate of drug-likeness (QED) is 0.690. The summed E-state index contributed by atoms with van der Waals surface area (Å²) in [5.41, 5.74) is 2.43. The average Bonchev–Trinajstić information content (AvgIpc) is 2.98. The number of hydrogen-bond donors (Lipinski definition) is 1. The van der Waals surface area contributed by atoms with E-state index >= 15 is 0 Å². The molecule has 0 aliphatic heterocycles. The Hall–Kier alpha value is -2.89. The summed E-state index contributed by atoms with van der Waals surface area (Å²) >= 11 is 0. The third-order valence-corrected chi connectivity index (χ3v) is 4.53. The van der Waals surface area contributed by atoms with Crippen LogP contribution in [0.1, 0.15) is 37.2 Å². The van der Waals surface area contributed by atoms with E-state index in [2.05, 4.69) is 38.7 Å². The Morgan fingerprint density at radius 3 is 2.73 bits per heavy atom. The number of unbranched alkanes of at least 4 members (excludes halogenated alkanes) is 1. The molecule has 2 aromatic heterocycles. The maximum absolute atomic E-state index is 12.4. The zero-order chi connectivity index (χ0) is 18.7. The maximum Gasteiger partial charge on any atom is 0.328 e. The molecule has 0 unspecified atom stereocenters. The summed E-state index contributed by atoms with van der Waals surface area (Å²) in [5.74, 6) is -0.884. The number of fused-ring (bicyclic) bond motifs is 3. The van der Waals surface area contributed by atoms with Crippen molar-refractivity contribution < 1.29 is 14.3 Å². The van der Waals surface area contributed by atoms with Crippen LogP contribution in [0.3, 0.4) is 0 Å². The molecule has 1 amide bonds. The number of methoxy groups -OCH3 is 1. The minimum absolute atomic E-state index is 0.284. The molecule has 3 rings (SSSR count). The number of aromatic nitrogens is 2. The first-order chi connectivity index (χ1) is 12.6. The largest absolute Gasteiger partial charge is 0.467 e. The van der Waals surface area contributed by atoms with Crippen molar-refractivity contribution in [3.05, 3.63) is 42.2 Å². The Morgan fingerprint density at radius 1 is 1.23 bits per heavy atom. The number of para-hydroxylation sites is 1. The van der Waals surface area contributed by atoms with Crippen molar-refractivity contribution in [2.24, 2.45) is 0 Å². The minimum Gasteiger partial charge on any atom is -0.467 e. The summed E-state index contributed by atoms with van der Waals surface area (Å²) < 4.78 is 6.89. The fourth-order valence-electron chi connectivity index (χ4n) is 3.13. The van der Waals surface area contributed by atoms with E-state index in [1.54, 1.807) is 19.2 Å². The van der Waals surface area contributed by atoms with Crippen LogP contribution in [0, 0.1) is 0 Å². The van der Waals surface area contributed by atoms with Crippen LogP contribution in [0.15, 0.2) is 36.5 Å². The van der Waals surface area contributed by atoms with Crippen molar-refractivity contribution in [3.63, 3.8) is 0 Å². The standard InChI is InChI=1S/C20H23N3O3/c1-4-5-10-23-17-9-7-6-8-14(17)15-11-16(21-12-18(15)23)19(24)22-13(2)20(25)26-3/h6-9,11-13H,4-5,10H2,1-3H3,(H,22,24)/t13-/m0/s1. The molecule has 1 N–H and O–H groups in total. The van der Waals surface area contributed by atoms with Crippen LogP contribution in [-0.4, -0.2) is 34.6 Å². The Balaban J connectivity index is 2.02. The van der Waals surface area contributed by atoms with Crippen LogP contribution in [0.5, 0.6) is 0 Å². The number of carbonyl (C=O) groups is 2. The van der Waals surface area contributed by atoms with E-state index in [0.29, 0.717) is 0 Å². The molecule has 0 saturated carbocycles. The number of nitrogens with zero attached hydrogens (tertiary/aromatic N) is 2. The number of ether oxygens (including phenoxy) is 1. The first kappa shape index (κ1) is 17.9. The van der Waals surface area contributed by atoms with Crippen LogP contribution in [0.2, 0.25) is 0 Å². The highest BCUT2D eigenvalue weighted by Crippen LogP contribution is 2.29. The van der Waals surface area contributed by atoms with Gasteiger partial charge >= 0.3 is 5.97 Å². The number of carbonyl (C=O) groups excluding carboxylic acids is 2. The topological polar surface area (TPSA) is 73.2 Å². The van der Waals surface area contributed by atoms with Gasteiger partial charge in [-0.25, -0.2) is 9.78 Å². The van der Waals surface area contributed by atoms with Crippen LogP contribution < -0.4 is 5.32 Å². The summed E-state index contributed by atoms with van der Waals surface area (Å²) in [5, 5.41) is 4.70. The van der Waals surface area contributed by atoms with E-state index in [1.165, 1.54) is 7.11 Å². The summed E-state index contributed by atoms with van der Waals surface area (Å²) in [6, 6.07) is 9.22. The number of esters is 1. The van der Waals surface area contributed by atoms with E-state index in [-0.39, 0.29) is 5.69 Å². The molecular weight excluding hydrogens is 330 g/mol. The second kappa shape index (κ2) is 7.56. The van der Waals surface area contributed by atoms with E-state index in [4.69, 9.17) is 0 Å². The first-order valence-electron chi connectivity index (χ1n) is 8.82. The lowest BCUT2D eigenvalue weighted by Gasteiger charge is -2.11. The molecule has 0 radical (unpaired) electrons. The monoisotopic (exact) mass is 353 g/mol. The van der Waals surface area contributed by atoms with Crippen molar-refractivity contribution in [2.45, 2.75) is 39.3 Å². The molecule has 0 fully saturated rings. The van der Waals surface area contributed by atoms with Crippen molar-refractivity contribution in [1.29, 1.82) is 0 Å². The van der Waals surface area contributed by atoms with Gasteiger partial charge in [0.15, 0.2) is 0 Å². The molecule has 1 aromatic carbocycles. The lowest BCUT2D eigenvalue weighted by atomic mass is 10.1. The Kier molecular flexibility index (Phi) is 5.21. The van der Waals surface area contributed by atoms with E-state index in [9.17, 15) is 9.59 Å². The van der Waals surface area contributed by atoms with Gasteiger partial charge in [0.1, 0.15) is 11.7 Å². The highest BCUT2D eigenvalue weighted by atomic mass is 16.5. The highest BCUT2D eigenvalue weighted by Gasteiger charge is 2.19. The van der Waals surface area contributed by atoms with Crippen LogP contribution in [-0.2, 0) is 16.1 Å². The number of nitrogens with one attached hydrogen (secondary N) is 1. The van der Waals surface area contributed by atoms with Crippen molar-refractivity contribution in [1.82, 2.24) is 14.9 Å². The Labute approximate surface area is 152 Å². The zero-order valence-electron chi connectivity index (χ0n) is 15.3. The second-order valence-corrected chi connectivity index (χ2v) is 6.33. The van der Waals surface area contributed by atoms with Gasteiger partial charge in [0.2, 0.25) is 0 Å². The molecule has 0 bridgehead atoms. The lowest BCUT2D eigenvalue weighted by molar-refractivity contribution is -0.142. The molecule has 6 nitrogen and oxygen atoms in total. The molecule has 26 heavy (non-hydrogen) atoms. The summed E-state index contributed by atoms with van der Waals surface area (Å²) in [4.78, 5) is 28.3. The number of benzene rings is 1. The van der Waals surface area contributed by atoms with E-state index < -0.39 is 17.9 Å². The first-order valence-corrected chi connectivity index (χ1v) is 8.82. The second-order valence-electron chi connectivity index (χ2n) is 6.33. The van der Waals surface area contributed by atoms with Crippen LogP contribution in [0.25, 0.3) is 21.8 Å². The van der Waals surface area contributed by atoms with Gasteiger partial charge in [-0.1, -0.05) is 31.5 Å². The third-order valence-electron chi connectivity index (χ3n) is 4.53. The van der Waals surface area contributed by atoms with Gasteiger partial charge in [0.25, 0.3) is 5.91 Å². The number of rotatable bonds is 6. The molecule has 136 valence electrons. The normalized spacial score (nSPS) is 12.3. The molecule has 0 spiro atoms. The lowest BCUT2D eigenvalue weighted by Crippen LogP contribution is -2.39. The van der Waals surface area contributed by atoms with E-state index in [1.807, 2.05) is 12.1 Å². The van der Waals surface area contributed by atoms with Crippen LogP contribution in [0.4, 0.5) is 0 Å². The van der Waals surface area contributed by atoms with Crippen LogP contribution >= 0.6 is 0 Å². The molecule has 0 aliphatic rings. The predicted octanol–water partition coefficient (Wildman–Crippen LogP) is 3.28. The average molecular weight is 353 g/mol. The number of pyridine rings is 1. The van der Waals surface area contributed by atoms with E-state index in [0.717, 1.165) is 41.2 Å².